The van der Waals surface area contributed by atoms with Crippen LogP contribution in [0, 0.1) is 11.8 Å². The average molecular weight is 361 g/mol. The molecule has 142 valence electrons. The summed E-state index contributed by atoms with van der Waals surface area (Å²) in [4.78, 5) is 25.9. The Balaban J connectivity index is 1.86. The van der Waals surface area contributed by atoms with Gasteiger partial charge in [0.2, 0.25) is 0 Å². The molecule has 0 radical (unpaired) electrons. The predicted molar refractivity (Wildman–Crippen MR) is 99.1 cm³/mol. The molecule has 2 rings (SSSR count). The molecule has 0 aliphatic carbocycles. The van der Waals surface area contributed by atoms with Crippen LogP contribution in [0.15, 0.2) is 24.3 Å². The molecule has 1 aromatic rings. The van der Waals surface area contributed by atoms with Crippen molar-refractivity contribution in [2.75, 3.05) is 33.9 Å². The van der Waals surface area contributed by atoms with Crippen molar-refractivity contribution in [2.45, 2.75) is 20.3 Å². The number of nitrogens with zero attached hydrogens (tertiary/aromatic N) is 1. The van der Waals surface area contributed by atoms with E-state index in [0.717, 1.165) is 25.1 Å². The Morgan fingerprint density at radius 3 is 2.38 bits per heavy atom. The summed E-state index contributed by atoms with van der Waals surface area (Å²) in [5.74, 6) is 1.45. The fourth-order valence-corrected chi connectivity index (χ4v) is 3.26. The molecule has 0 saturated carbocycles. The molecule has 2 atom stereocenters. The Hall–Kier alpha value is -2.50. The van der Waals surface area contributed by atoms with Crippen molar-refractivity contribution in [1.29, 1.82) is 0 Å². The van der Waals surface area contributed by atoms with E-state index in [0.29, 0.717) is 23.3 Å². The molecular formula is C20H27NO5. The summed E-state index contributed by atoms with van der Waals surface area (Å²) >= 11 is 0. The number of carbonyl (C=O) groups excluding carboxylic acids is 2. The Bertz CT molecular complexity index is 660. The maximum atomic E-state index is 12.2. The van der Waals surface area contributed by atoms with Crippen LogP contribution in [0.25, 0.3) is 6.08 Å². The lowest BCUT2D eigenvalue weighted by Crippen LogP contribution is -2.44. The van der Waals surface area contributed by atoms with Gasteiger partial charge in [0.1, 0.15) is 0 Å². The molecule has 1 saturated heterocycles. The number of esters is 1. The molecule has 0 spiro atoms. The number of methoxy groups -OCH3 is 2. The molecule has 1 heterocycles. The highest BCUT2D eigenvalue weighted by Crippen LogP contribution is 2.28. The van der Waals surface area contributed by atoms with Crippen LogP contribution in [-0.2, 0) is 14.3 Å². The summed E-state index contributed by atoms with van der Waals surface area (Å²) < 4.78 is 15.5. The molecule has 1 amide bonds. The monoisotopic (exact) mass is 361 g/mol. The van der Waals surface area contributed by atoms with Gasteiger partial charge in [-0.2, -0.15) is 0 Å². The van der Waals surface area contributed by atoms with Crippen molar-refractivity contribution in [1.82, 2.24) is 4.90 Å². The first kappa shape index (κ1) is 19.8. The van der Waals surface area contributed by atoms with Crippen LogP contribution in [0.1, 0.15) is 25.8 Å². The van der Waals surface area contributed by atoms with Crippen molar-refractivity contribution < 1.29 is 23.8 Å². The van der Waals surface area contributed by atoms with Crippen molar-refractivity contribution in [3.8, 4) is 11.5 Å². The minimum Gasteiger partial charge on any atom is -0.493 e. The molecule has 0 N–H and O–H groups in total. The van der Waals surface area contributed by atoms with E-state index in [4.69, 9.17) is 14.2 Å². The number of hydrogen-bond donors (Lipinski definition) is 0. The molecule has 1 aromatic carbocycles. The number of rotatable bonds is 6. The molecule has 1 aliphatic heterocycles. The van der Waals surface area contributed by atoms with Crippen molar-refractivity contribution in [2.24, 2.45) is 11.8 Å². The van der Waals surface area contributed by atoms with Gasteiger partial charge in [-0.05, 0) is 42.0 Å². The van der Waals surface area contributed by atoms with Crippen molar-refractivity contribution >= 4 is 18.0 Å². The standard InChI is InChI=1S/C20H27NO5/c1-14-9-15(2)12-21(11-14)19(22)13-26-20(23)8-6-16-5-7-17(24-3)18(10-16)25-4/h5-8,10,14-15H,9,11-13H2,1-4H3/b8-6+/t14-,15-/m1/s1. The van der Waals surface area contributed by atoms with E-state index >= 15 is 0 Å². The first-order valence-corrected chi connectivity index (χ1v) is 8.77. The minimum absolute atomic E-state index is 0.142. The van der Waals surface area contributed by atoms with E-state index < -0.39 is 5.97 Å². The van der Waals surface area contributed by atoms with Crippen LogP contribution in [0.4, 0.5) is 0 Å². The van der Waals surface area contributed by atoms with E-state index in [1.54, 1.807) is 43.4 Å². The number of amides is 1. The summed E-state index contributed by atoms with van der Waals surface area (Å²) in [6, 6.07) is 5.31. The Morgan fingerprint density at radius 2 is 1.77 bits per heavy atom. The Labute approximate surface area is 154 Å². The highest BCUT2D eigenvalue weighted by molar-refractivity contribution is 5.89. The van der Waals surface area contributed by atoms with Crippen molar-refractivity contribution in [3.63, 3.8) is 0 Å². The number of piperidine rings is 1. The lowest BCUT2D eigenvalue weighted by atomic mass is 9.92. The third-order valence-electron chi connectivity index (χ3n) is 4.38. The van der Waals surface area contributed by atoms with Gasteiger partial charge >= 0.3 is 5.97 Å². The number of benzene rings is 1. The SMILES string of the molecule is COc1ccc(/C=C/C(=O)OCC(=O)N2C[C@H](C)C[C@@H](C)C2)cc1OC. The zero-order chi connectivity index (χ0) is 19.1. The molecule has 0 aromatic heterocycles. The molecule has 6 nitrogen and oxygen atoms in total. The maximum absolute atomic E-state index is 12.2. The Kier molecular flexibility index (Phi) is 7.06. The highest BCUT2D eigenvalue weighted by atomic mass is 16.5. The number of carbonyl (C=O) groups is 2. The van der Waals surface area contributed by atoms with E-state index in [9.17, 15) is 9.59 Å². The lowest BCUT2D eigenvalue weighted by Gasteiger charge is -2.34. The summed E-state index contributed by atoms with van der Waals surface area (Å²) in [6.07, 6.45) is 4.04. The molecule has 1 aliphatic rings. The second-order valence-electron chi connectivity index (χ2n) is 6.80. The van der Waals surface area contributed by atoms with E-state index in [-0.39, 0.29) is 12.5 Å². The third kappa shape index (κ3) is 5.51. The summed E-state index contributed by atoms with van der Waals surface area (Å²) in [5, 5.41) is 0. The molecule has 0 unspecified atom stereocenters. The highest BCUT2D eigenvalue weighted by Gasteiger charge is 2.25. The van der Waals surface area contributed by atoms with Gasteiger partial charge in [-0.15, -0.1) is 0 Å². The Morgan fingerprint density at radius 1 is 1.12 bits per heavy atom. The number of hydrogen-bond acceptors (Lipinski definition) is 5. The second kappa shape index (κ2) is 9.27. The first-order valence-electron chi connectivity index (χ1n) is 8.77. The van der Waals surface area contributed by atoms with Gasteiger partial charge in [-0.3, -0.25) is 4.79 Å². The van der Waals surface area contributed by atoms with Gasteiger partial charge in [0.05, 0.1) is 14.2 Å². The summed E-state index contributed by atoms with van der Waals surface area (Å²) in [7, 11) is 3.11. The fourth-order valence-electron chi connectivity index (χ4n) is 3.26. The predicted octanol–water partition coefficient (Wildman–Crippen LogP) is 2.76. The quantitative estimate of drug-likeness (QED) is 0.576. The van der Waals surface area contributed by atoms with Crippen LogP contribution >= 0.6 is 0 Å². The molecule has 6 heteroatoms. The smallest absolute Gasteiger partial charge is 0.331 e. The van der Waals surface area contributed by atoms with Crippen LogP contribution in [0.5, 0.6) is 11.5 Å². The van der Waals surface area contributed by atoms with Crippen molar-refractivity contribution in [3.05, 3.63) is 29.8 Å². The van der Waals surface area contributed by atoms with E-state index in [2.05, 4.69) is 13.8 Å². The van der Waals surface area contributed by atoms with Crippen LogP contribution in [0.2, 0.25) is 0 Å². The van der Waals surface area contributed by atoms with Crippen LogP contribution < -0.4 is 9.47 Å². The second-order valence-corrected chi connectivity index (χ2v) is 6.80. The number of likely N-dealkylation sites (tertiary alicyclic amines) is 1. The van der Waals surface area contributed by atoms with Gasteiger partial charge in [-0.1, -0.05) is 19.9 Å². The number of ether oxygens (including phenoxy) is 3. The summed E-state index contributed by atoms with van der Waals surface area (Å²) in [5.41, 5.74) is 0.768. The minimum atomic E-state index is -0.550. The first-order chi connectivity index (χ1) is 12.4. The van der Waals surface area contributed by atoms with E-state index in [1.807, 2.05) is 0 Å². The van der Waals surface area contributed by atoms with Gasteiger partial charge < -0.3 is 19.1 Å². The fraction of sp³-hybridized carbons (Fsp3) is 0.500. The van der Waals surface area contributed by atoms with Crippen LogP contribution in [0.3, 0.4) is 0 Å². The third-order valence-corrected chi connectivity index (χ3v) is 4.38. The maximum Gasteiger partial charge on any atom is 0.331 e. The zero-order valence-corrected chi connectivity index (χ0v) is 15.9. The molecule has 1 fully saturated rings. The van der Waals surface area contributed by atoms with Crippen LogP contribution in [-0.4, -0.2) is 50.7 Å². The molecule has 0 bridgehead atoms. The van der Waals surface area contributed by atoms with Gasteiger partial charge in [0.15, 0.2) is 18.1 Å². The van der Waals surface area contributed by atoms with Gasteiger partial charge in [0, 0.05) is 19.2 Å². The zero-order valence-electron chi connectivity index (χ0n) is 15.9. The van der Waals surface area contributed by atoms with Gasteiger partial charge in [0.25, 0.3) is 5.91 Å². The summed E-state index contributed by atoms with van der Waals surface area (Å²) in [6.45, 7) is 5.49. The lowest BCUT2D eigenvalue weighted by molar-refractivity contribution is -0.149. The van der Waals surface area contributed by atoms with Gasteiger partial charge in [-0.25, -0.2) is 4.79 Å². The molecular weight excluding hydrogens is 334 g/mol. The average Bonchev–Trinajstić information content (AvgIpc) is 2.63. The largest absolute Gasteiger partial charge is 0.493 e. The normalized spacial score (nSPS) is 20.1. The topological polar surface area (TPSA) is 65.1 Å². The molecule has 26 heavy (non-hydrogen) atoms. The van der Waals surface area contributed by atoms with E-state index in [1.165, 1.54) is 6.08 Å².